The van der Waals surface area contributed by atoms with Crippen molar-refractivity contribution in [1.29, 1.82) is 0 Å². The third-order valence-electron chi connectivity index (χ3n) is 8.27. The lowest BCUT2D eigenvalue weighted by atomic mass is 10.0. The van der Waals surface area contributed by atoms with Gasteiger partial charge in [-0.15, -0.1) is 0 Å². The molecule has 2 heterocycles. The molecule has 5 nitrogen and oxygen atoms in total. The predicted molar refractivity (Wildman–Crippen MR) is 161 cm³/mol. The van der Waals surface area contributed by atoms with Gasteiger partial charge in [0.25, 0.3) is 0 Å². The quantitative estimate of drug-likeness (QED) is 0.145. The summed E-state index contributed by atoms with van der Waals surface area (Å²) >= 11 is 6.04. The molecule has 4 aromatic rings. The summed E-state index contributed by atoms with van der Waals surface area (Å²) < 4.78 is 14.4. The SMILES string of the molecule is O=C(c1ccc(OCCCN2CCCCC2)cc1)c1cn(C2CCCC2)c2ccc(Oc3ccc(Cl)cc3)cc12. The summed E-state index contributed by atoms with van der Waals surface area (Å²) in [6.45, 7) is 4.20. The van der Waals surface area contributed by atoms with Crippen LogP contribution in [0.2, 0.25) is 5.02 Å². The summed E-state index contributed by atoms with van der Waals surface area (Å²) in [5, 5.41) is 1.58. The second-order valence-corrected chi connectivity index (χ2v) is 11.5. The van der Waals surface area contributed by atoms with Crippen LogP contribution in [0.1, 0.15) is 73.3 Å². The molecule has 6 rings (SSSR count). The average molecular weight is 557 g/mol. The molecular weight excluding hydrogens is 520 g/mol. The lowest BCUT2D eigenvalue weighted by Crippen LogP contribution is -2.31. The lowest BCUT2D eigenvalue weighted by Gasteiger charge is -2.26. The zero-order valence-electron chi connectivity index (χ0n) is 23.0. The first-order chi connectivity index (χ1) is 19.6. The van der Waals surface area contributed by atoms with Crippen molar-refractivity contribution in [3.8, 4) is 17.2 Å². The number of carbonyl (C=O) groups excluding carboxylic acids is 1. The number of rotatable bonds is 10. The van der Waals surface area contributed by atoms with Crippen molar-refractivity contribution in [3.63, 3.8) is 0 Å². The average Bonchev–Trinajstić information content (AvgIpc) is 3.65. The Hall–Kier alpha value is -3.28. The van der Waals surface area contributed by atoms with Gasteiger partial charge in [0.15, 0.2) is 5.78 Å². The van der Waals surface area contributed by atoms with E-state index in [1.54, 1.807) is 0 Å². The van der Waals surface area contributed by atoms with Crippen molar-refractivity contribution in [3.05, 3.63) is 89.1 Å². The van der Waals surface area contributed by atoms with Crippen LogP contribution in [0.3, 0.4) is 0 Å². The third-order valence-corrected chi connectivity index (χ3v) is 8.52. The van der Waals surface area contributed by atoms with Crippen molar-refractivity contribution in [2.75, 3.05) is 26.2 Å². The van der Waals surface area contributed by atoms with Gasteiger partial charge in [-0.1, -0.05) is 30.9 Å². The van der Waals surface area contributed by atoms with E-state index in [4.69, 9.17) is 21.1 Å². The first-order valence-electron chi connectivity index (χ1n) is 14.7. The van der Waals surface area contributed by atoms with Crippen LogP contribution in [-0.4, -0.2) is 41.5 Å². The van der Waals surface area contributed by atoms with Gasteiger partial charge in [-0.2, -0.15) is 0 Å². The summed E-state index contributed by atoms with van der Waals surface area (Å²) in [7, 11) is 0. The molecular formula is C34H37ClN2O3. The van der Waals surface area contributed by atoms with Crippen LogP contribution < -0.4 is 9.47 Å². The minimum absolute atomic E-state index is 0.0158. The van der Waals surface area contributed by atoms with E-state index in [0.29, 0.717) is 40.3 Å². The summed E-state index contributed by atoms with van der Waals surface area (Å²) in [4.78, 5) is 16.4. The zero-order chi connectivity index (χ0) is 27.3. The number of hydrogen-bond acceptors (Lipinski definition) is 4. The Kier molecular flexibility index (Phi) is 8.40. The highest BCUT2D eigenvalue weighted by molar-refractivity contribution is 6.30. The molecule has 0 spiro atoms. The van der Waals surface area contributed by atoms with Crippen molar-refractivity contribution in [2.24, 2.45) is 0 Å². The number of nitrogens with zero attached hydrogens (tertiary/aromatic N) is 2. The van der Waals surface area contributed by atoms with Crippen LogP contribution >= 0.6 is 11.6 Å². The normalized spacial score (nSPS) is 16.4. The molecule has 3 aromatic carbocycles. The summed E-state index contributed by atoms with van der Waals surface area (Å²) in [6.07, 6.45) is 11.8. The van der Waals surface area contributed by atoms with Crippen molar-refractivity contribution in [1.82, 2.24) is 9.47 Å². The van der Waals surface area contributed by atoms with Crippen LogP contribution in [0.15, 0.2) is 72.9 Å². The van der Waals surface area contributed by atoms with Gasteiger partial charge in [0, 0.05) is 45.8 Å². The number of piperidine rings is 1. The minimum atomic E-state index is 0.0158. The summed E-state index contributed by atoms with van der Waals surface area (Å²) in [5.41, 5.74) is 2.45. The highest BCUT2D eigenvalue weighted by atomic mass is 35.5. The number of fused-ring (bicyclic) bond motifs is 1. The maximum Gasteiger partial charge on any atom is 0.195 e. The van der Waals surface area contributed by atoms with E-state index >= 15 is 0 Å². The largest absolute Gasteiger partial charge is 0.494 e. The smallest absolute Gasteiger partial charge is 0.195 e. The first-order valence-corrected chi connectivity index (χ1v) is 15.1. The van der Waals surface area contributed by atoms with E-state index < -0.39 is 0 Å². The molecule has 2 aliphatic rings. The molecule has 0 unspecified atom stereocenters. The molecule has 1 aliphatic carbocycles. The van der Waals surface area contributed by atoms with E-state index in [0.717, 1.165) is 42.5 Å². The Balaban J connectivity index is 1.19. The number of carbonyl (C=O) groups is 1. The van der Waals surface area contributed by atoms with E-state index in [9.17, 15) is 4.79 Å². The molecule has 2 fully saturated rings. The van der Waals surface area contributed by atoms with Crippen LogP contribution in [-0.2, 0) is 0 Å². The predicted octanol–water partition coefficient (Wildman–Crippen LogP) is 8.69. The van der Waals surface area contributed by atoms with Gasteiger partial charge in [-0.05, 0) is 112 Å². The Morgan fingerprint density at radius 1 is 0.825 bits per heavy atom. The van der Waals surface area contributed by atoms with Gasteiger partial charge in [-0.3, -0.25) is 4.79 Å². The molecule has 0 atom stereocenters. The van der Waals surface area contributed by atoms with Crippen molar-refractivity contribution >= 4 is 28.3 Å². The molecule has 1 aromatic heterocycles. The van der Waals surface area contributed by atoms with Gasteiger partial charge in [0.2, 0.25) is 0 Å². The van der Waals surface area contributed by atoms with Crippen molar-refractivity contribution in [2.45, 2.75) is 57.4 Å². The lowest BCUT2D eigenvalue weighted by molar-refractivity contribution is 0.104. The summed E-state index contributed by atoms with van der Waals surface area (Å²) in [5.74, 6) is 2.23. The highest BCUT2D eigenvalue weighted by Gasteiger charge is 2.23. The molecule has 1 saturated heterocycles. The Morgan fingerprint density at radius 2 is 1.52 bits per heavy atom. The van der Waals surface area contributed by atoms with E-state index in [1.165, 1.54) is 45.2 Å². The Bertz CT molecular complexity index is 1430. The number of hydrogen-bond donors (Lipinski definition) is 0. The van der Waals surface area contributed by atoms with Crippen LogP contribution in [0.4, 0.5) is 0 Å². The molecule has 0 bridgehead atoms. The second-order valence-electron chi connectivity index (χ2n) is 11.1. The fourth-order valence-corrected chi connectivity index (χ4v) is 6.25. The molecule has 0 amide bonds. The molecule has 1 saturated carbocycles. The number of ether oxygens (including phenoxy) is 2. The molecule has 6 heteroatoms. The van der Waals surface area contributed by atoms with Crippen LogP contribution in [0, 0.1) is 0 Å². The van der Waals surface area contributed by atoms with E-state index in [-0.39, 0.29) is 5.78 Å². The minimum Gasteiger partial charge on any atom is -0.494 e. The monoisotopic (exact) mass is 556 g/mol. The molecule has 1 aliphatic heterocycles. The standard InChI is InChI=1S/C34H37ClN2O3/c35-26-11-15-29(16-12-26)40-30-17-18-33-31(23-30)32(24-37(33)27-7-2-3-8-27)34(38)25-9-13-28(14-10-25)39-22-6-21-36-19-4-1-5-20-36/h9-18,23-24,27H,1-8,19-22H2. The van der Waals surface area contributed by atoms with Gasteiger partial charge in [-0.25, -0.2) is 0 Å². The maximum absolute atomic E-state index is 13.8. The molecule has 40 heavy (non-hydrogen) atoms. The topological polar surface area (TPSA) is 43.7 Å². The first kappa shape index (κ1) is 26.9. The molecule has 0 radical (unpaired) electrons. The van der Waals surface area contributed by atoms with Gasteiger partial charge in [0.05, 0.1) is 6.61 Å². The van der Waals surface area contributed by atoms with Gasteiger partial charge >= 0.3 is 0 Å². The Morgan fingerprint density at radius 3 is 2.27 bits per heavy atom. The molecule has 208 valence electrons. The zero-order valence-corrected chi connectivity index (χ0v) is 23.7. The van der Waals surface area contributed by atoms with E-state index in [1.807, 2.05) is 60.7 Å². The fraction of sp³-hybridized carbons (Fsp3) is 0.382. The van der Waals surface area contributed by atoms with Gasteiger partial charge < -0.3 is 18.9 Å². The number of likely N-dealkylation sites (tertiary alicyclic amines) is 1. The maximum atomic E-state index is 13.8. The number of benzene rings is 3. The fourth-order valence-electron chi connectivity index (χ4n) is 6.12. The van der Waals surface area contributed by atoms with Gasteiger partial charge in [0.1, 0.15) is 17.2 Å². The third kappa shape index (κ3) is 6.21. The van der Waals surface area contributed by atoms with Crippen LogP contribution in [0.25, 0.3) is 10.9 Å². The van der Waals surface area contributed by atoms with E-state index in [2.05, 4.69) is 21.7 Å². The van der Waals surface area contributed by atoms with Crippen molar-refractivity contribution < 1.29 is 14.3 Å². The second kappa shape index (κ2) is 12.5. The number of ketones is 1. The number of halogens is 1. The Labute approximate surface area is 241 Å². The summed E-state index contributed by atoms with van der Waals surface area (Å²) in [6, 6.07) is 21.4. The van der Waals surface area contributed by atoms with Crippen LogP contribution in [0.5, 0.6) is 17.2 Å². The molecule has 0 N–H and O–H groups in total. The number of aromatic nitrogens is 1. The highest BCUT2D eigenvalue weighted by Crippen LogP contribution is 2.37.